The molecule has 0 saturated heterocycles. The maximum atomic E-state index is 11.3. The van der Waals surface area contributed by atoms with E-state index in [1.165, 1.54) is 18.2 Å². The molecule has 0 aliphatic carbocycles. The third-order valence-corrected chi connectivity index (χ3v) is 2.41. The molecule has 0 aliphatic heterocycles. The number of carbonyl (C=O) groups excluding carboxylic acids is 1. The summed E-state index contributed by atoms with van der Waals surface area (Å²) in [5.74, 6) is 0.237. The molecule has 2 aromatic rings. The summed E-state index contributed by atoms with van der Waals surface area (Å²) in [6, 6.07) is 9.09. The minimum atomic E-state index is -0.488. The van der Waals surface area contributed by atoms with Crippen molar-refractivity contribution in [1.29, 1.82) is 0 Å². The van der Waals surface area contributed by atoms with E-state index in [9.17, 15) is 14.9 Å². The van der Waals surface area contributed by atoms with Crippen molar-refractivity contribution in [3.8, 4) is 11.3 Å². The first kappa shape index (κ1) is 12.0. The average molecular weight is 246 g/mol. The Morgan fingerprint density at radius 2 is 2.11 bits per heavy atom. The van der Waals surface area contributed by atoms with Gasteiger partial charge in [-0.2, -0.15) is 0 Å². The molecule has 2 rings (SSSR count). The number of nitro benzene ring substituents is 1. The van der Waals surface area contributed by atoms with Crippen LogP contribution in [0.1, 0.15) is 10.6 Å². The van der Waals surface area contributed by atoms with E-state index in [1.807, 2.05) is 0 Å². The summed E-state index contributed by atoms with van der Waals surface area (Å²) in [4.78, 5) is 21.5. The number of hydrogen-bond acceptors (Lipinski definition) is 5. The smallest absolute Gasteiger partial charge is 0.270 e. The second kappa shape index (κ2) is 4.80. The maximum Gasteiger partial charge on any atom is 0.270 e. The first-order valence-electron chi connectivity index (χ1n) is 5.19. The Hall–Kier alpha value is -2.47. The number of Topliss-reactive ketones (excluding diaryl/α,β-unsaturated/α-hetero) is 1. The highest BCUT2D eigenvalue weighted by Gasteiger charge is 2.12. The number of non-ortho nitro benzene ring substituents is 1. The highest BCUT2D eigenvalue weighted by Crippen LogP contribution is 2.25. The van der Waals surface area contributed by atoms with E-state index in [0.29, 0.717) is 11.3 Å². The zero-order chi connectivity index (χ0) is 13.1. The molecule has 6 heteroatoms. The van der Waals surface area contributed by atoms with Gasteiger partial charge in [-0.3, -0.25) is 14.9 Å². The molecular formula is C12H10N2O4. The van der Waals surface area contributed by atoms with Crippen molar-refractivity contribution in [3.05, 3.63) is 52.3 Å². The second-order valence-electron chi connectivity index (χ2n) is 3.60. The van der Waals surface area contributed by atoms with Gasteiger partial charge in [-0.1, -0.05) is 12.1 Å². The van der Waals surface area contributed by atoms with Crippen molar-refractivity contribution in [1.82, 2.24) is 0 Å². The fourth-order valence-corrected chi connectivity index (χ4v) is 1.52. The van der Waals surface area contributed by atoms with E-state index in [-0.39, 0.29) is 23.8 Å². The van der Waals surface area contributed by atoms with Crippen molar-refractivity contribution in [2.24, 2.45) is 5.73 Å². The Morgan fingerprint density at radius 1 is 1.33 bits per heavy atom. The summed E-state index contributed by atoms with van der Waals surface area (Å²) in [6.07, 6.45) is 0. The fourth-order valence-electron chi connectivity index (χ4n) is 1.52. The van der Waals surface area contributed by atoms with Gasteiger partial charge in [-0.25, -0.2) is 0 Å². The monoisotopic (exact) mass is 246 g/mol. The minimum Gasteiger partial charge on any atom is -0.453 e. The molecule has 18 heavy (non-hydrogen) atoms. The molecule has 0 aliphatic rings. The quantitative estimate of drug-likeness (QED) is 0.505. The number of nitro groups is 1. The van der Waals surface area contributed by atoms with E-state index < -0.39 is 4.92 Å². The van der Waals surface area contributed by atoms with Crippen LogP contribution in [0.5, 0.6) is 0 Å². The second-order valence-corrected chi connectivity index (χ2v) is 3.60. The van der Waals surface area contributed by atoms with Crippen LogP contribution >= 0.6 is 0 Å². The van der Waals surface area contributed by atoms with Crippen LogP contribution < -0.4 is 5.73 Å². The van der Waals surface area contributed by atoms with Gasteiger partial charge >= 0.3 is 0 Å². The van der Waals surface area contributed by atoms with E-state index in [4.69, 9.17) is 10.2 Å². The van der Waals surface area contributed by atoms with Gasteiger partial charge in [0, 0.05) is 17.7 Å². The van der Waals surface area contributed by atoms with Crippen LogP contribution in [0.2, 0.25) is 0 Å². The van der Waals surface area contributed by atoms with Crippen molar-refractivity contribution in [2.75, 3.05) is 6.54 Å². The molecule has 0 atom stereocenters. The van der Waals surface area contributed by atoms with Crippen LogP contribution in [0.4, 0.5) is 5.69 Å². The molecular weight excluding hydrogens is 236 g/mol. The summed E-state index contributed by atoms with van der Waals surface area (Å²) < 4.78 is 5.30. The normalized spacial score (nSPS) is 10.3. The maximum absolute atomic E-state index is 11.3. The van der Waals surface area contributed by atoms with E-state index in [0.717, 1.165) is 0 Å². The summed E-state index contributed by atoms with van der Waals surface area (Å²) in [5.41, 5.74) is 5.73. The number of furan rings is 1. The van der Waals surface area contributed by atoms with Crippen molar-refractivity contribution in [2.45, 2.75) is 0 Å². The molecule has 1 aromatic carbocycles. The number of hydrogen-bond donors (Lipinski definition) is 1. The molecule has 0 unspecified atom stereocenters. The Bertz CT molecular complexity index is 604. The topological polar surface area (TPSA) is 99.4 Å². The molecule has 0 radical (unpaired) electrons. The molecule has 0 bridgehead atoms. The van der Waals surface area contributed by atoms with Gasteiger partial charge in [0.25, 0.3) is 5.69 Å². The van der Waals surface area contributed by atoms with Gasteiger partial charge in [0.2, 0.25) is 5.78 Å². The number of rotatable bonds is 4. The van der Waals surface area contributed by atoms with Gasteiger partial charge < -0.3 is 10.2 Å². The van der Waals surface area contributed by atoms with E-state index in [2.05, 4.69) is 0 Å². The van der Waals surface area contributed by atoms with E-state index in [1.54, 1.807) is 18.2 Å². The van der Waals surface area contributed by atoms with Crippen LogP contribution in [0.15, 0.2) is 40.8 Å². The van der Waals surface area contributed by atoms with Crippen LogP contribution in [-0.2, 0) is 0 Å². The van der Waals surface area contributed by atoms with Crippen LogP contribution in [-0.4, -0.2) is 17.3 Å². The highest BCUT2D eigenvalue weighted by atomic mass is 16.6. The van der Waals surface area contributed by atoms with Crippen molar-refractivity contribution < 1.29 is 14.1 Å². The summed E-state index contributed by atoms with van der Waals surface area (Å²) >= 11 is 0. The molecule has 1 aromatic heterocycles. The third kappa shape index (κ3) is 2.28. The molecule has 0 spiro atoms. The number of nitrogens with zero attached hydrogens (tertiary/aromatic N) is 1. The summed E-state index contributed by atoms with van der Waals surface area (Å²) in [6.45, 7) is -0.137. The molecule has 0 amide bonds. The Kier molecular flexibility index (Phi) is 3.20. The first-order valence-corrected chi connectivity index (χ1v) is 5.19. The van der Waals surface area contributed by atoms with Crippen molar-refractivity contribution in [3.63, 3.8) is 0 Å². The standard InChI is InChI=1S/C12H10N2O4/c13-7-10(15)12-5-4-11(18-12)8-2-1-3-9(6-8)14(16)17/h1-6H,7,13H2. The number of benzene rings is 1. The zero-order valence-corrected chi connectivity index (χ0v) is 9.33. The first-order chi connectivity index (χ1) is 8.61. The Morgan fingerprint density at radius 3 is 2.78 bits per heavy atom. The summed E-state index contributed by atoms with van der Waals surface area (Å²) in [7, 11) is 0. The molecule has 6 nitrogen and oxygen atoms in total. The number of ketones is 1. The van der Waals surface area contributed by atoms with Gasteiger partial charge in [-0.15, -0.1) is 0 Å². The van der Waals surface area contributed by atoms with Gasteiger partial charge in [0.05, 0.1) is 11.5 Å². The van der Waals surface area contributed by atoms with Crippen molar-refractivity contribution >= 4 is 11.5 Å². The minimum absolute atomic E-state index is 0.0319. The lowest BCUT2D eigenvalue weighted by Crippen LogP contribution is -2.12. The van der Waals surface area contributed by atoms with Crippen LogP contribution in [0, 0.1) is 10.1 Å². The number of nitrogens with two attached hydrogens (primary N) is 1. The van der Waals surface area contributed by atoms with Gasteiger partial charge in [0.15, 0.2) is 5.76 Å². The van der Waals surface area contributed by atoms with Crippen LogP contribution in [0.3, 0.4) is 0 Å². The number of carbonyl (C=O) groups is 1. The van der Waals surface area contributed by atoms with Gasteiger partial charge in [0.1, 0.15) is 5.76 Å². The Balaban J connectivity index is 2.37. The predicted molar refractivity (Wildman–Crippen MR) is 64.2 cm³/mol. The largest absolute Gasteiger partial charge is 0.453 e. The molecule has 2 N–H and O–H groups in total. The Labute approximate surface area is 102 Å². The van der Waals surface area contributed by atoms with Gasteiger partial charge in [-0.05, 0) is 12.1 Å². The fraction of sp³-hybridized carbons (Fsp3) is 0.0833. The highest BCUT2D eigenvalue weighted by molar-refractivity contribution is 5.95. The van der Waals surface area contributed by atoms with Crippen LogP contribution in [0.25, 0.3) is 11.3 Å². The molecule has 1 heterocycles. The molecule has 0 saturated carbocycles. The SMILES string of the molecule is NCC(=O)c1ccc(-c2cccc([N+](=O)[O-])c2)o1. The molecule has 92 valence electrons. The lowest BCUT2D eigenvalue weighted by Gasteiger charge is -1.97. The third-order valence-electron chi connectivity index (χ3n) is 2.41. The summed E-state index contributed by atoms with van der Waals surface area (Å²) in [5, 5.41) is 10.6. The van der Waals surface area contributed by atoms with E-state index >= 15 is 0 Å². The molecule has 0 fully saturated rings. The zero-order valence-electron chi connectivity index (χ0n) is 9.33. The predicted octanol–water partition coefficient (Wildman–Crippen LogP) is 2.00. The average Bonchev–Trinajstić information content (AvgIpc) is 2.87. The lowest BCUT2D eigenvalue weighted by atomic mass is 10.1. The lowest BCUT2D eigenvalue weighted by molar-refractivity contribution is -0.384.